The first-order valence-electron chi connectivity index (χ1n) is 6.35. The molecule has 0 spiro atoms. The number of rotatable bonds is 2. The second kappa shape index (κ2) is 6.62. The Morgan fingerprint density at radius 3 is 2.60 bits per heavy atom. The zero-order valence-corrected chi connectivity index (χ0v) is 14.1. The van der Waals surface area contributed by atoms with Crippen LogP contribution in [-0.4, -0.2) is 37.9 Å². The molecule has 2 rings (SSSR count). The summed E-state index contributed by atoms with van der Waals surface area (Å²) in [6, 6.07) is 4.99. The van der Waals surface area contributed by atoms with Gasteiger partial charge in [-0.25, -0.2) is 8.42 Å². The van der Waals surface area contributed by atoms with Gasteiger partial charge in [-0.05, 0) is 44.5 Å². The molecule has 1 aliphatic heterocycles. The van der Waals surface area contributed by atoms with Gasteiger partial charge in [0, 0.05) is 30.2 Å². The number of piperazine rings is 1. The predicted octanol–water partition coefficient (Wildman–Crippen LogP) is 2.44. The van der Waals surface area contributed by atoms with Crippen molar-refractivity contribution in [1.29, 1.82) is 0 Å². The number of hydrogen-bond donors (Lipinski definition) is 1. The third-order valence-corrected chi connectivity index (χ3v) is 6.08. The molecule has 7 heteroatoms. The summed E-state index contributed by atoms with van der Waals surface area (Å²) in [5.41, 5.74) is 0.686. The number of nitrogens with one attached hydrogen (secondary N) is 1. The van der Waals surface area contributed by atoms with Crippen LogP contribution in [0.1, 0.15) is 19.4 Å². The first-order valence-corrected chi connectivity index (χ1v) is 8.17. The summed E-state index contributed by atoms with van der Waals surface area (Å²) in [7, 11) is -3.46. The molecule has 0 aromatic heterocycles. The monoisotopic (exact) mass is 338 g/mol. The normalized spacial score (nSPS) is 24.2. The summed E-state index contributed by atoms with van der Waals surface area (Å²) in [5, 5.41) is 3.84. The van der Waals surface area contributed by atoms with E-state index in [1.807, 2.05) is 13.8 Å². The average molecular weight is 339 g/mol. The largest absolute Gasteiger partial charge is 0.311 e. The van der Waals surface area contributed by atoms with E-state index >= 15 is 0 Å². The van der Waals surface area contributed by atoms with Gasteiger partial charge in [-0.1, -0.05) is 11.6 Å². The summed E-state index contributed by atoms with van der Waals surface area (Å²) in [4.78, 5) is 0.345. The zero-order chi connectivity index (χ0) is 14.2. The number of hydrogen-bond acceptors (Lipinski definition) is 3. The van der Waals surface area contributed by atoms with Gasteiger partial charge >= 0.3 is 0 Å². The van der Waals surface area contributed by atoms with Gasteiger partial charge < -0.3 is 5.32 Å². The maximum absolute atomic E-state index is 12.7. The van der Waals surface area contributed by atoms with Gasteiger partial charge in [0.2, 0.25) is 10.0 Å². The molecule has 1 saturated heterocycles. The number of benzene rings is 1. The van der Waals surface area contributed by atoms with E-state index in [0.29, 0.717) is 28.6 Å². The Morgan fingerprint density at radius 2 is 2.00 bits per heavy atom. The fraction of sp³-hybridized carbons (Fsp3) is 0.538. The average Bonchev–Trinajstić information content (AvgIpc) is 2.31. The lowest BCUT2D eigenvalue weighted by Crippen LogP contribution is -2.57. The molecule has 1 N–H and O–H groups in total. The van der Waals surface area contributed by atoms with Crippen molar-refractivity contribution < 1.29 is 8.42 Å². The molecule has 0 saturated carbocycles. The molecule has 4 nitrogen and oxygen atoms in total. The second-order valence-electron chi connectivity index (χ2n) is 5.01. The number of aryl methyl sites for hydroxylation is 1. The molecule has 2 unspecified atom stereocenters. The number of nitrogens with zero attached hydrogens (tertiary/aromatic N) is 1. The highest BCUT2D eigenvalue weighted by molar-refractivity contribution is 7.89. The van der Waals surface area contributed by atoms with Crippen molar-refractivity contribution in [2.45, 2.75) is 37.8 Å². The fourth-order valence-electron chi connectivity index (χ4n) is 2.39. The van der Waals surface area contributed by atoms with E-state index in [1.165, 1.54) is 0 Å². The van der Waals surface area contributed by atoms with Gasteiger partial charge in [0.1, 0.15) is 0 Å². The zero-order valence-electron chi connectivity index (χ0n) is 11.8. The molecule has 1 aliphatic rings. The first-order chi connectivity index (χ1) is 8.84. The molecule has 114 valence electrons. The van der Waals surface area contributed by atoms with Crippen LogP contribution in [0, 0.1) is 6.92 Å². The Morgan fingerprint density at radius 1 is 1.35 bits per heavy atom. The van der Waals surface area contributed by atoms with E-state index in [4.69, 9.17) is 11.6 Å². The molecular formula is C13H20Cl2N2O2S. The minimum Gasteiger partial charge on any atom is -0.311 e. The van der Waals surface area contributed by atoms with E-state index in [2.05, 4.69) is 5.32 Å². The first kappa shape index (κ1) is 17.7. The van der Waals surface area contributed by atoms with Crippen LogP contribution in [0.3, 0.4) is 0 Å². The molecule has 1 fully saturated rings. The van der Waals surface area contributed by atoms with Crippen LogP contribution in [0.5, 0.6) is 0 Å². The van der Waals surface area contributed by atoms with Gasteiger partial charge in [-0.3, -0.25) is 0 Å². The molecule has 2 atom stereocenters. The van der Waals surface area contributed by atoms with Crippen molar-refractivity contribution in [3.05, 3.63) is 28.8 Å². The molecule has 0 aliphatic carbocycles. The van der Waals surface area contributed by atoms with Gasteiger partial charge in [0.05, 0.1) is 4.90 Å². The maximum atomic E-state index is 12.7. The summed E-state index contributed by atoms with van der Waals surface area (Å²) in [6.07, 6.45) is 0. The Bertz CT molecular complexity index is 578. The van der Waals surface area contributed by atoms with E-state index in [1.54, 1.807) is 29.4 Å². The highest BCUT2D eigenvalue weighted by atomic mass is 35.5. The van der Waals surface area contributed by atoms with Crippen LogP contribution in [0.4, 0.5) is 0 Å². The minimum atomic E-state index is -3.46. The second-order valence-corrected chi connectivity index (χ2v) is 7.30. The Labute approximate surface area is 132 Å². The summed E-state index contributed by atoms with van der Waals surface area (Å²) in [5.74, 6) is 0. The minimum absolute atomic E-state index is 0. The van der Waals surface area contributed by atoms with Crippen LogP contribution < -0.4 is 5.32 Å². The van der Waals surface area contributed by atoms with E-state index in [0.717, 1.165) is 0 Å². The third-order valence-electron chi connectivity index (χ3n) is 3.70. The SMILES string of the molecule is Cc1cc(Cl)ccc1S(=O)(=O)N1CCNC(C)C1C.Cl. The molecule has 0 bridgehead atoms. The smallest absolute Gasteiger partial charge is 0.243 e. The lowest BCUT2D eigenvalue weighted by atomic mass is 10.1. The van der Waals surface area contributed by atoms with Crippen molar-refractivity contribution >= 4 is 34.0 Å². The van der Waals surface area contributed by atoms with Crippen LogP contribution in [0.2, 0.25) is 5.02 Å². The standard InChI is InChI=1S/C13H19ClN2O2S.ClH/c1-9-8-12(14)4-5-13(9)19(17,18)16-7-6-15-10(2)11(16)3;/h4-5,8,10-11,15H,6-7H2,1-3H3;1H. The topological polar surface area (TPSA) is 49.4 Å². The molecule has 0 radical (unpaired) electrons. The predicted molar refractivity (Wildman–Crippen MR) is 84.3 cm³/mol. The molecule has 1 aromatic rings. The molecular weight excluding hydrogens is 319 g/mol. The summed E-state index contributed by atoms with van der Waals surface area (Å²) < 4.78 is 27.0. The van der Waals surface area contributed by atoms with E-state index in [-0.39, 0.29) is 24.5 Å². The number of halogens is 2. The Balaban J connectivity index is 0.00000200. The van der Waals surface area contributed by atoms with Crippen molar-refractivity contribution in [2.75, 3.05) is 13.1 Å². The summed E-state index contributed by atoms with van der Waals surface area (Å²) >= 11 is 5.89. The Kier molecular flexibility index (Phi) is 5.87. The quantitative estimate of drug-likeness (QED) is 0.900. The highest BCUT2D eigenvalue weighted by Crippen LogP contribution is 2.25. The molecule has 20 heavy (non-hydrogen) atoms. The Hall–Kier alpha value is -0.330. The fourth-order valence-corrected chi connectivity index (χ4v) is 4.53. The lowest BCUT2D eigenvalue weighted by Gasteiger charge is -2.37. The van der Waals surface area contributed by atoms with Crippen molar-refractivity contribution in [3.63, 3.8) is 0 Å². The molecule has 1 heterocycles. The van der Waals surface area contributed by atoms with Crippen molar-refractivity contribution in [1.82, 2.24) is 9.62 Å². The highest BCUT2D eigenvalue weighted by Gasteiger charge is 2.34. The lowest BCUT2D eigenvalue weighted by molar-refractivity contribution is 0.233. The van der Waals surface area contributed by atoms with Crippen LogP contribution in [0.25, 0.3) is 0 Å². The van der Waals surface area contributed by atoms with Crippen LogP contribution in [-0.2, 0) is 10.0 Å². The summed E-state index contributed by atoms with van der Waals surface area (Å²) in [6.45, 7) is 6.88. The van der Waals surface area contributed by atoms with Crippen LogP contribution >= 0.6 is 24.0 Å². The van der Waals surface area contributed by atoms with Crippen LogP contribution in [0.15, 0.2) is 23.1 Å². The van der Waals surface area contributed by atoms with Gasteiger partial charge in [0.25, 0.3) is 0 Å². The van der Waals surface area contributed by atoms with Crippen molar-refractivity contribution in [2.24, 2.45) is 0 Å². The van der Waals surface area contributed by atoms with Gasteiger partial charge in [-0.15, -0.1) is 12.4 Å². The number of sulfonamides is 1. The van der Waals surface area contributed by atoms with E-state index in [9.17, 15) is 8.42 Å². The van der Waals surface area contributed by atoms with Gasteiger partial charge in [0.15, 0.2) is 0 Å². The van der Waals surface area contributed by atoms with Crippen molar-refractivity contribution in [3.8, 4) is 0 Å². The molecule has 1 aromatic carbocycles. The van der Waals surface area contributed by atoms with Gasteiger partial charge in [-0.2, -0.15) is 4.31 Å². The molecule has 0 amide bonds. The third kappa shape index (κ3) is 3.28. The maximum Gasteiger partial charge on any atom is 0.243 e. The van der Waals surface area contributed by atoms with E-state index < -0.39 is 10.0 Å².